The van der Waals surface area contributed by atoms with Crippen LogP contribution in [0.5, 0.6) is 0 Å². The fourth-order valence-corrected chi connectivity index (χ4v) is 1.18. The molecule has 0 aromatic carbocycles. The topological polar surface area (TPSA) is 0 Å². The van der Waals surface area contributed by atoms with Crippen molar-refractivity contribution in [2.75, 3.05) is 0 Å². The second-order valence-electron chi connectivity index (χ2n) is 2.32. The number of alkyl halides is 3. The number of rotatable bonds is 2. The maximum absolute atomic E-state index is 11.5. The molecule has 0 fully saturated rings. The molecule has 4 heteroatoms. The van der Waals surface area contributed by atoms with Gasteiger partial charge in [-0.25, -0.2) is 0 Å². The fourth-order valence-electron chi connectivity index (χ4n) is 0.392. The maximum Gasteiger partial charge on any atom is 0.354 e. The van der Waals surface area contributed by atoms with Gasteiger partial charge >= 0.3 is 5.80 Å². The first-order chi connectivity index (χ1) is 3.92. The van der Waals surface area contributed by atoms with E-state index in [9.17, 15) is 13.2 Å². The minimum absolute atomic E-state index is 0.295. The second-order valence-corrected chi connectivity index (χ2v) is 4.12. The molecular formula is C5H10F3Si. The van der Waals surface area contributed by atoms with Crippen LogP contribution in [-0.4, -0.2) is 15.3 Å². The molecule has 0 bridgehead atoms. The van der Waals surface area contributed by atoms with Gasteiger partial charge in [0.05, 0.1) is 0 Å². The fraction of sp³-hybridized carbons (Fsp3) is 0.800. The number of halogens is 3. The molecule has 0 amide bonds. The molecular weight excluding hydrogens is 145 g/mol. The standard InChI is InChI=1S/C5H10F3Si/c1-4(2)3-9-5(6,7)8/h3,9H2,1-2H3. The van der Waals surface area contributed by atoms with Crippen molar-refractivity contribution in [3.63, 3.8) is 0 Å². The van der Waals surface area contributed by atoms with Crippen LogP contribution in [0.3, 0.4) is 0 Å². The molecule has 0 aromatic heterocycles. The molecule has 0 aliphatic heterocycles. The van der Waals surface area contributed by atoms with E-state index < -0.39 is 15.3 Å². The van der Waals surface area contributed by atoms with E-state index >= 15 is 0 Å². The van der Waals surface area contributed by atoms with Crippen molar-refractivity contribution >= 4 is 9.52 Å². The summed E-state index contributed by atoms with van der Waals surface area (Å²) in [5, 5.41) is 0. The molecule has 0 aromatic rings. The highest BCUT2D eigenvalue weighted by Gasteiger charge is 2.26. The second kappa shape index (κ2) is 3.24. The van der Waals surface area contributed by atoms with Crippen LogP contribution < -0.4 is 0 Å². The van der Waals surface area contributed by atoms with E-state index in [2.05, 4.69) is 0 Å². The SMILES string of the molecule is C[C](C)C[SiH2]C(F)(F)F. The van der Waals surface area contributed by atoms with Gasteiger partial charge in [-0.1, -0.05) is 13.8 Å². The molecule has 0 saturated heterocycles. The van der Waals surface area contributed by atoms with Gasteiger partial charge < -0.3 is 0 Å². The third-order valence-electron chi connectivity index (χ3n) is 0.908. The third-order valence-corrected chi connectivity index (χ3v) is 2.73. The van der Waals surface area contributed by atoms with Crippen LogP contribution >= 0.6 is 0 Å². The molecule has 0 spiro atoms. The van der Waals surface area contributed by atoms with Crippen molar-refractivity contribution in [1.82, 2.24) is 0 Å². The van der Waals surface area contributed by atoms with Crippen molar-refractivity contribution in [3.8, 4) is 0 Å². The van der Waals surface area contributed by atoms with Gasteiger partial charge in [0.1, 0.15) is 0 Å². The average Bonchev–Trinajstić information content (AvgIpc) is 1.59. The Bertz CT molecular complexity index is 76.8. The molecule has 0 rings (SSSR count). The first-order valence-electron chi connectivity index (χ1n) is 2.77. The molecule has 9 heavy (non-hydrogen) atoms. The Morgan fingerprint density at radius 1 is 1.33 bits per heavy atom. The highest BCUT2D eigenvalue weighted by atomic mass is 28.2. The van der Waals surface area contributed by atoms with Gasteiger partial charge in [0.15, 0.2) is 9.52 Å². The predicted octanol–water partition coefficient (Wildman–Crippen LogP) is 1.71. The first-order valence-corrected chi connectivity index (χ1v) is 4.48. The lowest BCUT2D eigenvalue weighted by Gasteiger charge is -2.05. The molecule has 0 aliphatic rings. The monoisotopic (exact) mass is 155 g/mol. The Morgan fingerprint density at radius 2 is 1.78 bits per heavy atom. The summed E-state index contributed by atoms with van der Waals surface area (Å²) < 4.78 is 34.4. The highest BCUT2D eigenvalue weighted by molar-refractivity contribution is 6.38. The lowest BCUT2D eigenvalue weighted by molar-refractivity contribution is -0.0471. The van der Waals surface area contributed by atoms with E-state index in [4.69, 9.17) is 0 Å². The Hall–Kier alpha value is 0.00688. The summed E-state index contributed by atoms with van der Waals surface area (Å²) in [5.41, 5.74) is 0. The van der Waals surface area contributed by atoms with Gasteiger partial charge in [-0.2, -0.15) is 13.2 Å². The normalized spacial score (nSPS) is 14.0. The molecule has 0 saturated carbocycles. The van der Waals surface area contributed by atoms with Crippen molar-refractivity contribution < 1.29 is 13.2 Å². The summed E-state index contributed by atoms with van der Waals surface area (Å²) >= 11 is 0. The van der Waals surface area contributed by atoms with Crippen LogP contribution in [0.15, 0.2) is 0 Å². The smallest absolute Gasteiger partial charge is 0.178 e. The van der Waals surface area contributed by atoms with Crippen molar-refractivity contribution in [2.45, 2.75) is 25.7 Å². The molecule has 55 valence electrons. The molecule has 0 N–H and O–H groups in total. The first kappa shape index (κ1) is 9.01. The van der Waals surface area contributed by atoms with E-state index in [1.54, 1.807) is 13.8 Å². The quantitative estimate of drug-likeness (QED) is 0.532. The molecule has 1 radical (unpaired) electrons. The summed E-state index contributed by atoms with van der Waals surface area (Å²) in [4.78, 5) is 0. The molecule has 0 nitrogen and oxygen atoms in total. The Labute approximate surface area is 55.3 Å². The maximum atomic E-state index is 11.5. The Morgan fingerprint density at radius 3 is 1.89 bits per heavy atom. The van der Waals surface area contributed by atoms with E-state index in [1.165, 1.54) is 0 Å². The van der Waals surface area contributed by atoms with Crippen LogP contribution in [-0.2, 0) is 0 Å². The zero-order chi connectivity index (χ0) is 7.49. The van der Waals surface area contributed by atoms with E-state index in [0.29, 0.717) is 6.04 Å². The van der Waals surface area contributed by atoms with Crippen LogP contribution in [0.2, 0.25) is 6.04 Å². The van der Waals surface area contributed by atoms with Gasteiger partial charge in [0, 0.05) is 0 Å². The Kier molecular flexibility index (Phi) is 3.25. The summed E-state index contributed by atoms with van der Waals surface area (Å²) in [6.45, 7) is 3.47. The molecule has 0 heterocycles. The van der Waals surface area contributed by atoms with Crippen molar-refractivity contribution in [3.05, 3.63) is 5.92 Å². The van der Waals surface area contributed by atoms with Crippen molar-refractivity contribution in [2.24, 2.45) is 0 Å². The molecule has 0 aliphatic carbocycles. The minimum atomic E-state index is -3.85. The summed E-state index contributed by atoms with van der Waals surface area (Å²) in [7, 11) is -1.83. The van der Waals surface area contributed by atoms with Crippen LogP contribution in [0.1, 0.15) is 13.8 Å². The van der Waals surface area contributed by atoms with Gasteiger partial charge in [0.25, 0.3) is 0 Å². The van der Waals surface area contributed by atoms with Gasteiger partial charge in [-0.3, -0.25) is 0 Å². The largest absolute Gasteiger partial charge is 0.354 e. The minimum Gasteiger partial charge on any atom is -0.178 e. The molecule has 0 atom stereocenters. The highest BCUT2D eigenvalue weighted by Crippen LogP contribution is 2.16. The molecule has 0 unspecified atom stereocenters. The Balaban J connectivity index is 3.28. The summed E-state index contributed by atoms with van der Waals surface area (Å²) in [6.07, 6.45) is 0. The average molecular weight is 155 g/mol. The van der Waals surface area contributed by atoms with Crippen molar-refractivity contribution in [1.29, 1.82) is 0 Å². The van der Waals surface area contributed by atoms with E-state index in [0.717, 1.165) is 5.92 Å². The van der Waals surface area contributed by atoms with E-state index in [-0.39, 0.29) is 0 Å². The summed E-state index contributed by atoms with van der Waals surface area (Å²) in [6, 6.07) is 0.295. The van der Waals surface area contributed by atoms with Gasteiger partial charge in [0.2, 0.25) is 0 Å². The lowest BCUT2D eigenvalue weighted by Crippen LogP contribution is -2.18. The van der Waals surface area contributed by atoms with Gasteiger partial charge in [-0.15, -0.1) is 0 Å². The van der Waals surface area contributed by atoms with Crippen LogP contribution in [0.4, 0.5) is 13.2 Å². The summed E-state index contributed by atoms with van der Waals surface area (Å²) in [5.74, 6) is -2.96. The van der Waals surface area contributed by atoms with Crippen LogP contribution in [0, 0.1) is 5.92 Å². The zero-order valence-corrected chi connectivity index (χ0v) is 6.96. The third kappa shape index (κ3) is 8.01. The zero-order valence-electron chi connectivity index (χ0n) is 5.55. The van der Waals surface area contributed by atoms with Gasteiger partial charge in [-0.05, 0) is 12.0 Å². The predicted molar refractivity (Wildman–Crippen MR) is 34.0 cm³/mol. The number of hydrogen-bond acceptors (Lipinski definition) is 0. The number of hydrogen-bond donors (Lipinski definition) is 0. The lowest BCUT2D eigenvalue weighted by atomic mass is 10.3. The van der Waals surface area contributed by atoms with E-state index in [1.807, 2.05) is 0 Å². The van der Waals surface area contributed by atoms with Crippen LogP contribution in [0.25, 0.3) is 0 Å².